The van der Waals surface area contributed by atoms with Crippen molar-refractivity contribution in [2.24, 2.45) is 0 Å². The lowest BCUT2D eigenvalue weighted by Crippen LogP contribution is -2.20. The molecule has 0 radical (unpaired) electrons. The second-order valence-corrected chi connectivity index (χ2v) is 10.4. The predicted molar refractivity (Wildman–Crippen MR) is 109 cm³/mol. The van der Waals surface area contributed by atoms with Crippen LogP contribution in [-0.4, -0.2) is 22.1 Å². The summed E-state index contributed by atoms with van der Waals surface area (Å²) in [5.41, 5.74) is 1.93. The molecule has 148 valence electrons. The molecule has 0 aliphatic heterocycles. The number of unbranched alkanes of at least 4 members (excludes halogenated alkanes) is 3. The van der Waals surface area contributed by atoms with E-state index in [1.54, 1.807) is 7.11 Å². The Kier molecular flexibility index (Phi) is 9.37. The average molecular weight is 381 g/mol. The SMILES string of the molecule is CCCCCCC(=O)OC(O[SiH](C)C)c1ccc(C(C)(C)C)c(OC)c1. The molecule has 0 saturated heterocycles. The third-order valence-corrected chi connectivity index (χ3v) is 4.97. The van der Waals surface area contributed by atoms with Crippen LogP contribution >= 0.6 is 0 Å². The molecule has 1 unspecified atom stereocenters. The standard InChI is InChI=1S/C21H36O4Si/c1-8-9-10-11-12-19(22)24-20(25-26(6)7)16-13-14-17(21(2,3)4)18(15-16)23-5/h13-15,20,26H,8-12H2,1-7H3. The van der Waals surface area contributed by atoms with Gasteiger partial charge in [-0.3, -0.25) is 4.79 Å². The van der Waals surface area contributed by atoms with Crippen molar-refractivity contribution in [2.75, 3.05) is 7.11 Å². The number of benzene rings is 1. The molecule has 4 nitrogen and oxygen atoms in total. The number of hydrogen-bond donors (Lipinski definition) is 0. The molecule has 1 aromatic rings. The highest BCUT2D eigenvalue weighted by Crippen LogP contribution is 2.34. The Morgan fingerprint density at radius 1 is 1.15 bits per heavy atom. The molecule has 1 aromatic carbocycles. The number of rotatable bonds is 10. The molecule has 0 N–H and O–H groups in total. The van der Waals surface area contributed by atoms with Gasteiger partial charge in [0.25, 0.3) is 0 Å². The van der Waals surface area contributed by atoms with Gasteiger partial charge in [-0.25, -0.2) is 0 Å². The van der Waals surface area contributed by atoms with E-state index in [4.69, 9.17) is 13.9 Å². The Morgan fingerprint density at radius 2 is 1.85 bits per heavy atom. The maximum absolute atomic E-state index is 12.2. The van der Waals surface area contributed by atoms with Crippen LogP contribution in [0.2, 0.25) is 13.1 Å². The van der Waals surface area contributed by atoms with Crippen LogP contribution < -0.4 is 4.74 Å². The van der Waals surface area contributed by atoms with Gasteiger partial charge in [0.05, 0.1) is 7.11 Å². The molecular weight excluding hydrogens is 344 g/mol. The number of hydrogen-bond acceptors (Lipinski definition) is 4. The van der Waals surface area contributed by atoms with Crippen LogP contribution in [-0.2, 0) is 19.4 Å². The van der Waals surface area contributed by atoms with Gasteiger partial charge in [0.15, 0.2) is 9.04 Å². The molecule has 0 amide bonds. The zero-order chi connectivity index (χ0) is 19.7. The van der Waals surface area contributed by atoms with Crippen molar-refractivity contribution in [1.82, 2.24) is 0 Å². The Morgan fingerprint density at radius 3 is 2.38 bits per heavy atom. The fraction of sp³-hybridized carbons (Fsp3) is 0.667. The summed E-state index contributed by atoms with van der Waals surface area (Å²) in [5, 5.41) is 0. The van der Waals surface area contributed by atoms with Crippen LogP contribution in [0.25, 0.3) is 0 Å². The zero-order valence-corrected chi connectivity index (χ0v) is 18.7. The lowest BCUT2D eigenvalue weighted by Gasteiger charge is -2.25. The minimum Gasteiger partial charge on any atom is -0.496 e. The topological polar surface area (TPSA) is 44.8 Å². The second kappa shape index (κ2) is 10.7. The second-order valence-electron chi connectivity index (χ2n) is 8.03. The summed E-state index contributed by atoms with van der Waals surface area (Å²) in [7, 11) is 0.284. The minimum absolute atomic E-state index is 0.0248. The summed E-state index contributed by atoms with van der Waals surface area (Å²) in [4.78, 5) is 12.2. The number of carbonyl (C=O) groups is 1. The molecule has 0 saturated carbocycles. The van der Waals surface area contributed by atoms with E-state index in [0.717, 1.165) is 42.6 Å². The molecule has 0 aliphatic rings. The largest absolute Gasteiger partial charge is 0.496 e. The average Bonchev–Trinajstić information content (AvgIpc) is 2.56. The highest BCUT2D eigenvalue weighted by molar-refractivity contribution is 6.48. The summed E-state index contributed by atoms with van der Waals surface area (Å²) >= 11 is 0. The number of methoxy groups -OCH3 is 1. The number of esters is 1. The monoisotopic (exact) mass is 380 g/mol. The van der Waals surface area contributed by atoms with Crippen LogP contribution in [0.1, 0.15) is 77.2 Å². The van der Waals surface area contributed by atoms with Gasteiger partial charge in [-0.1, -0.05) is 59.1 Å². The lowest BCUT2D eigenvalue weighted by atomic mass is 9.86. The first-order valence-electron chi connectivity index (χ1n) is 9.72. The predicted octanol–water partition coefficient (Wildman–Crippen LogP) is 5.50. The van der Waals surface area contributed by atoms with Crippen LogP contribution in [0.15, 0.2) is 18.2 Å². The Bertz CT molecular complexity index is 564. The summed E-state index contributed by atoms with van der Waals surface area (Å²) in [6, 6.07) is 5.96. The van der Waals surface area contributed by atoms with Crippen LogP contribution in [0.5, 0.6) is 5.75 Å². The van der Waals surface area contributed by atoms with Crippen molar-refractivity contribution >= 4 is 15.0 Å². The highest BCUT2D eigenvalue weighted by atomic mass is 28.3. The van der Waals surface area contributed by atoms with E-state index in [9.17, 15) is 4.79 Å². The van der Waals surface area contributed by atoms with E-state index in [0.29, 0.717) is 6.42 Å². The Hall–Kier alpha value is -1.33. The molecule has 0 spiro atoms. The summed E-state index contributed by atoms with van der Waals surface area (Å²) < 4.78 is 17.3. The minimum atomic E-state index is -1.38. The van der Waals surface area contributed by atoms with Crippen LogP contribution in [0.4, 0.5) is 0 Å². The molecule has 1 atom stereocenters. The van der Waals surface area contributed by atoms with E-state index >= 15 is 0 Å². The molecule has 1 rings (SSSR count). The maximum Gasteiger partial charge on any atom is 0.308 e. The highest BCUT2D eigenvalue weighted by Gasteiger charge is 2.23. The lowest BCUT2D eigenvalue weighted by molar-refractivity contribution is -0.165. The molecule has 26 heavy (non-hydrogen) atoms. The van der Waals surface area contributed by atoms with Gasteiger partial charge in [-0.15, -0.1) is 0 Å². The fourth-order valence-corrected chi connectivity index (χ4v) is 3.48. The Labute approximate surface area is 161 Å². The molecule has 0 bridgehead atoms. The van der Waals surface area contributed by atoms with Gasteiger partial charge in [-0.2, -0.15) is 0 Å². The number of ether oxygens (including phenoxy) is 2. The molecule has 0 fully saturated rings. The first-order chi connectivity index (χ1) is 12.2. The molecular formula is C21H36O4Si. The summed E-state index contributed by atoms with van der Waals surface area (Å²) in [5.74, 6) is 0.604. The molecule has 0 aliphatic carbocycles. The van der Waals surface area contributed by atoms with Crippen molar-refractivity contribution in [1.29, 1.82) is 0 Å². The molecule has 0 heterocycles. The van der Waals surface area contributed by atoms with E-state index in [-0.39, 0.29) is 11.4 Å². The smallest absolute Gasteiger partial charge is 0.308 e. The van der Waals surface area contributed by atoms with E-state index < -0.39 is 15.3 Å². The fourth-order valence-electron chi connectivity index (χ4n) is 2.77. The number of carbonyl (C=O) groups excluding carboxylic acids is 1. The zero-order valence-electron chi connectivity index (χ0n) is 17.6. The van der Waals surface area contributed by atoms with E-state index in [2.05, 4.69) is 40.8 Å². The summed E-state index contributed by atoms with van der Waals surface area (Å²) in [6.45, 7) is 12.7. The summed E-state index contributed by atoms with van der Waals surface area (Å²) in [6.07, 6.45) is 4.02. The van der Waals surface area contributed by atoms with Crippen molar-refractivity contribution in [3.05, 3.63) is 29.3 Å². The van der Waals surface area contributed by atoms with Crippen molar-refractivity contribution in [2.45, 2.75) is 84.6 Å². The van der Waals surface area contributed by atoms with Gasteiger partial charge in [0.2, 0.25) is 6.29 Å². The van der Waals surface area contributed by atoms with E-state index in [1.165, 1.54) is 0 Å². The first-order valence-corrected chi connectivity index (χ1v) is 12.5. The quantitative estimate of drug-likeness (QED) is 0.232. The van der Waals surface area contributed by atoms with Crippen LogP contribution in [0, 0.1) is 0 Å². The van der Waals surface area contributed by atoms with Gasteiger partial charge >= 0.3 is 5.97 Å². The first kappa shape index (κ1) is 22.7. The molecule has 5 heteroatoms. The van der Waals surface area contributed by atoms with Crippen molar-refractivity contribution in [3.8, 4) is 5.75 Å². The molecule has 0 aromatic heterocycles. The van der Waals surface area contributed by atoms with Crippen molar-refractivity contribution < 1.29 is 18.7 Å². The van der Waals surface area contributed by atoms with Gasteiger partial charge in [0.1, 0.15) is 5.75 Å². The van der Waals surface area contributed by atoms with Crippen LogP contribution in [0.3, 0.4) is 0 Å². The van der Waals surface area contributed by atoms with Gasteiger partial charge < -0.3 is 13.9 Å². The van der Waals surface area contributed by atoms with Gasteiger partial charge in [-0.05, 0) is 36.6 Å². The van der Waals surface area contributed by atoms with Gasteiger partial charge in [0, 0.05) is 12.0 Å². The van der Waals surface area contributed by atoms with E-state index in [1.807, 2.05) is 18.2 Å². The third-order valence-electron chi connectivity index (χ3n) is 4.17. The third kappa shape index (κ3) is 7.50. The Balaban J connectivity index is 2.93. The normalized spacial score (nSPS) is 12.9. The van der Waals surface area contributed by atoms with Crippen molar-refractivity contribution in [3.63, 3.8) is 0 Å². The maximum atomic E-state index is 12.2.